The second kappa shape index (κ2) is 3.21. The lowest BCUT2D eigenvalue weighted by atomic mass is 9.73. The van der Waals surface area contributed by atoms with Gasteiger partial charge >= 0.3 is 0 Å². The molecule has 0 N–H and O–H groups in total. The standard InChI is InChI=1S/C12H19N/c1-12(2)8-4-3-7-11(12)13-9-5-6-10-13/h5-6,9-11H,3-4,7-8H2,1-2H3. The Bertz CT molecular complexity index is 259. The van der Waals surface area contributed by atoms with Crippen LogP contribution in [-0.2, 0) is 0 Å². The second-order valence-electron chi connectivity index (χ2n) is 4.88. The third-order valence-electron chi connectivity index (χ3n) is 3.44. The first-order chi connectivity index (χ1) is 6.20. The zero-order valence-electron chi connectivity index (χ0n) is 8.66. The molecule has 13 heavy (non-hydrogen) atoms. The lowest BCUT2D eigenvalue weighted by Crippen LogP contribution is -2.29. The van der Waals surface area contributed by atoms with Crippen molar-refractivity contribution in [3.8, 4) is 0 Å². The molecule has 0 spiro atoms. The van der Waals surface area contributed by atoms with Crippen molar-refractivity contribution in [1.29, 1.82) is 0 Å². The van der Waals surface area contributed by atoms with Crippen LogP contribution in [-0.4, -0.2) is 4.57 Å². The van der Waals surface area contributed by atoms with Gasteiger partial charge < -0.3 is 4.57 Å². The van der Waals surface area contributed by atoms with Crippen molar-refractivity contribution in [2.75, 3.05) is 0 Å². The molecule has 72 valence electrons. The molecule has 0 radical (unpaired) electrons. The van der Waals surface area contributed by atoms with E-state index in [9.17, 15) is 0 Å². The summed E-state index contributed by atoms with van der Waals surface area (Å²) in [7, 11) is 0. The molecule has 1 atom stereocenters. The maximum Gasteiger partial charge on any atom is 0.0381 e. The van der Waals surface area contributed by atoms with Gasteiger partial charge in [-0.2, -0.15) is 0 Å². The van der Waals surface area contributed by atoms with Crippen molar-refractivity contribution >= 4 is 0 Å². The molecule has 1 aliphatic carbocycles. The van der Waals surface area contributed by atoms with E-state index in [0.29, 0.717) is 5.41 Å². The van der Waals surface area contributed by atoms with Crippen LogP contribution in [0.2, 0.25) is 0 Å². The highest BCUT2D eigenvalue weighted by Crippen LogP contribution is 2.43. The predicted octanol–water partition coefficient (Wildman–Crippen LogP) is 3.63. The molecule has 1 unspecified atom stereocenters. The fourth-order valence-electron chi connectivity index (χ4n) is 2.58. The first kappa shape index (κ1) is 8.86. The molecule has 1 heterocycles. The van der Waals surface area contributed by atoms with Crippen LogP contribution < -0.4 is 0 Å². The van der Waals surface area contributed by atoms with Gasteiger partial charge in [0.05, 0.1) is 0 Å². The highest BCUT2D eigenvalue weighted by molar-refractivity contribution is 4.97. The van der Waals surface area contributed by atoms with Gasteiger partial charge in [-0.05, 0) is 30.4 Å². The molecule has 0 saturated heterocycles. The topological polar surface area (TPSA) is 4.93 Å². The molecular weight excluding hydrogens is 158 g/mol. The molecule has 1 aromatic heterocycles. The van der Waals surface area contributed by atoms with Gasteiger partial charge in [0, 0.05) is 18.4 Å². The average molecular weight is 177 g/mol. The van der Waals surface area contributed by atoms with Crippen LogP contribution in [0.3, 0.4) is 0 Å². The van der Waals surface area contributed by atoms with Crippen molar-refractivity contribution in [2.45, 2.75) is 45.6 Å². The molecule has 0 aromatic carbocycles. The monoisotopic (exact) mass is 177 g/mol. The van der Waals surface area contributed by atoms with Gasteiger partial charge in [0.15, 0.2) is 0 Å². The number of rotatable bonds is 1. The minimum Gasteiger partial charge on any atom is -0.351 e. The number of nitrogens with zero attached hydrogens (tertiary/aromatic N) is 1. The van der Waals surface area contributed by atoms with E-state index in [1.807, 2.05) is 0 Å². The summed E-state index contributed by atoms with van der Waals surface area (Å²) in [6.07, 6.45) is 9.93. The summed E-state index contributed by atoms with van der Waals surface area (Å²) in [4.78, 5) is 0. The Balaban J connectivity index is 2.21. The Kier molecular flexibility index (Phi) is 2.19. The average Bonchev–Trinajstić information content (AvgIpc) is 2.55. The molecule has 0 bridgehead atoms. The van der Waals surface area contributed by atoms with E-state index in [2.05, 4.69) is 42.9 Å². The maximum absolute atomic E-state index is 2.40. The quantitative estimate of drug-likeness (QED) is 0.617. The molecule has 1 aliphatic rings. The molecule has 1 saturated carbocycles. The number of hydrogen-bond acceptors (Lipinski definition) is 0. The van der Waals surface area contributed by atoms with E-state index in [-0.39, 0.29) is 0 Å². The Labute approximate surface area is 80.8 Å². The van der Waals surface area contributed by atoms with Crippen molar-refractivity contribution in [2.24, 2.45) is 5.41 Å². The molecular formula is C12H19N. The van der Waals surface area contributed by atoms with E-state index < -0.39 is 0 Å². The molecule has 1 heteroatoms. The molecule has 0 aliphatic heterocycles. The van der Waals surface area contributed by atoms with Crippen molar-refractivity contribution in [1.82, 2.24) is 4.57 Å². The summed E-state index contributed by atoms with van der Waals surface area (Å²) < 4.78 is 2.39. The summed E-state index contributed by atoms with van der Waals surface area (Å²) in [5.41, 5.74) is 0.483. The van der Waals surface area contributed by atoms with E-state index >= 15 is 0 Å². The van der Waals surface area contributed by atoms with Crippen molar-refractivity contribution in [3.05, 3.63) is 24.5 Å². The minimum atomic E-state index is 0.483. The van der Waals surface area contributed by atoms with Crippen LogP contribution in [0.25, 0.3) is 0 Å². The lowest BCUT2D eigenvalue weighted by molar-refractivity contribution is 0.144. The molecule has 1 fully saturated rings. The lowest BCUT2D eigenvalue weighted by Gasteiger charge is -2.39. The van der Waals surface area contributed by atoms with Crippen LogP contribution in [0.5, 0.6) is 0 Å². The minimum absolute atomic E-state index is 0.483. The molecule has 1 nitrogen and oxygen atoms in total. The maximum atomic E-state index is 2.40. The van der Waals surface area contributed by atoms with E-state index in [1.54, 1.807) is 0 Å². The highest BCUT2D eigenvalue weighted by atomic mass is 15.0. The predicted molar refractivity (Wildman–Crippen MR) is 55.7 cm³/mol. The van der Waals surface area contributed by atoms with Crippen LogP contribution in [0.1, 0.15) is 45.6 Å². The largest absolute Gasteiger partial charge is 0.351 e. The van der Waals surface area contributed by atoms with Gasteiger partial charge in [-0.3, -0.25) is 0 Å². The van der Waals surface area contributed by atoms with Gasteiger partial charge in [0.2, 0.25) is 0 Å². The second-order valence-corrected chi connectivity index (χ2v) is 4.88. The molecule has 2 rings (SSSR count). The van der Waals surface area contributed by atoms with Gasteiger partial charge in [-0.1, -0.05) is 26.7 Å². The molecule has 0 amide bonds. The van der Waals surface area contributed by atoms with E-state index in [0.717, 1.165) is 6.04 Å². The Morgan fingerprint density at radius 2 is 1.85 bits per heavy atom. The first-order valence-electron chi connectivity index (χ1n) is 5.33. The summed E-state index contributed by atoms with van der Waals surface area (Å²) in [5, 5.41) is 0. The van der Waals surface area contributed by atoms with Crippen LogP contribution in [0.15, 0.2) is 24.5 Å². The fraction of sp³-hybridized carbons (Fsp3) is 0.667. The summed E-state index contributed by atoms with van der Waals surface area (Å²) in [6.45, 7) is 4.80. The van der Waals surface area contributed by atoms with Crippen LogP contribution in [0.4, 0.5) is 0 Å². The summed E-state index contributed by atoms with van der Waals surface area (Å²) >= 11 is 0. The number of hydrogen-bond donors (Lipinski definition) is 0. The Morgan fingerprint density at radius 3 is 2.46 bits per heavy atom. The van der Waals surface area contributed by atoms with E-state index in [1.165, 1.54) is 25.7 Å². The zero-order chi connectivity index (χ0) is 9.31. The summed E-state index contributed by atoms with van der Waals surface area (Å²) in [5.74, 6) is 0. The number of aromatic nitrogens is 1. The third kappa shape index (κ3) is 1.65. The normalized spacial score (nSPS) is 27.4. The fourth-order valence-corrected chi connectivity index (χ4v) is 2.58. The van der Waals surface area contributed by atoms with Gasteiger partial charge in [-0.25, -0.2) is 0 Å². The molecule has 1 aromatic rings. The Hall–Kier alpha value is -0.720. The third-order valence-corrected chi connectivity index (χ3v) is 3.44. The van der Waals surface area contributed by atoms with Crippen LogP contribution >= 0.6 is 0 Å². The first-order valence-corrected chi connectivity index (χ1v) is 5.33. The smallest absolute Gasteiger partial charge is 0.0381 e. The van der Waals surface area contributed by atoms with Crippen LogP contribution in [0, 0.1) is 5.41 Å². The zero-order valence-corrected chi connectivity index (χ0v) is 8.66. The van der Waals surface area contributed by atoms with Crippen molar-refractivity contribution in [3.63, 3.8) is 0 Å². The van der Waals surface area contributed by atoms with E-state index in [4.69, 9.17) is 0 Å². The summed E-state index contributed by atoms with van der Waals surface area (Å²) in [6, 6.07) is 4.98. The Morgan fingerprint density at radius 1 is 1.15 bits per heavy atom. The highest BCUT2D eigenvalue weighted by Gasteiger charge is 2.32. The van der Waals surface area contributed by atoms with Crippen molar-refractivity contribution < 1.29 is 0 Å². The van der Waals surface area contributed by atoms with Gasteiger partial charge in [-0.15, -0.1) is 0 Å². The SMILES string of the molecule is CC1(C)CCCCC1n1cccc1. The van der Waals surface area contributed by atoms with Gasteiger partial charge in [0.25, 0.3) is 0 Å². The van der Waals surface area contributed by atoms with Gasteiger partial charge in [0.1, 0.15) is 0 Å².